The standard InChI is InChI=1S/C15H13N3O2/c1-17-15(20)9-5-6-10-12(8-9)18-7-3-2-4-11(18)13(10)14(16)19/h2-8H,1H3,(H2,16,19)(H,17,20). The molecule has 0 bridgehead atoms. The van der Waals surface area contributed by atoms with E-state index in [-0.39, 0.29) is 5.91 Å². The van der Waals surface area contributed by atoms with Crippen molar-refractivity contribution in [2.24, 2.45) is 5.73 Å². The molecule has 2 amide bonds. The summed E-state index contributed by atoms with van der Waals surface area (Å²) in [7, 11) is 1.58. The molecule has 20 heavy (non-hydrogen) atoms. The number of pyridine rings is 1. The number of nitrogens with two attached hydrogens (primary N) is 1. The highest BCUT2D eigenvalue weighted by Gasteiger charge is 2.16. The molecule has 0 aliphatic carbocycles. The van der Waals surface area contributed by atoms with Crippen LogP contribution in [0, 0.1) is 0 Å². The van der Waals surface area contributed by atoms with Crippen molar-refractivity contribution in [2.45, 2.75) is 0 Å². The SMILES string of the molecule is CNC(=O)c1ccc2c(C(N)=O)c3ccccn3c2c1. The van der Waals surface area contributed by atoms with Crippen LogP contribution in [-0.4, -0.2) is 23.3 Å². The lowest BCUT2D eigenvalue weighted by Gasteiger charge is -2.01. The predicted molar refractivity (Wildman–Crippen MR) is 76.8 cm³/mol. The maximum atomic E-state index is 11.7. The first-order chi connectivity index (χ1) is 9.63. The number of primary amides is 1. The van der Waals surface area contributed by atoms with E-state index in [2.05, 4.69) is 5.32 Å². The molecule has 0 saturated heterocycles. The molecule has 0 aliphatic rings. The Kier molecular flexibility index (Phi) is 2.68. The van der Waals surface area contributed by atoms with Crippen molar-refractivity contribution in [3.8, 4) is 0 Å². The number of rotatable bonds is 2. The first-order valence-electron chi connectivity index (χ1n) is 6.18. The molecule has 2 aromatic heterocycles. The molecule has 0 unspecified atom stereocenters. The number of hydrogen-bond donors (Lipinski definition) is 2. The summed E-state index contributed by atoms with van der Waals surface area (Å²) in [5.74, 6) is -0.644. The Morgan fingerprint density at radius 3 is 2.65 bits per heavy atom. The monoisotopic (exact) mass is 267 g/mol. The van der Waals surface area contributed by atoms with Crippen LogP contribution < -0.4 is 11.1 Å². The number of carbonyl (C=O) groups is 2. The number of amides is 2. The van der Waals surface area contributed by atoms with Gasteiger partial charge in [0, 0.05) is 24.2 Å². The molecule has 3 rings (SSSR count). The van der Waals surface area contributed by atoms with Gasteiger partial charge in [-0.2, -0.15) is 0 Å². The number of nitrogens with one attached hydrogen (secondary N) is 1. The van der Waals surface area contributed by atoms with Crippen LogP contribution in [0.4, 0.5) is 0 Å². The van der Waals surface area contributed by atoms with Gasteiger partial charge in [0.25, 0.3) is 11.8 Å². The highest BCUT2D eigenvalue weighted by molar-refractivity contribution is 6.14. The average molecular weight is 267 g/mol. The van der Waals surface area contributed by atoms with Gasteiger partial charge in [-0.1, -0.05) is 12.1 Å². The zero-order valence-corrected chi connectivity index (χ0v) is 10.9. The molecule has 3 aromatic rings. The quantitative estimate of drug-likeness (QED) is 0.739. The van der Waals surface area contributed by atoms with Gasteiger partial charge in [-0.25, -0.2) is 0 Å². The Hall–Kier alpha value is -2.82. The van der Waals surface area contributed by atoms with Crippen molar-refractivity contribution >= 4 is 28.2 Å². The number of hydrogen-bond acceptors (Lipinski definition) is 2. The normalized spacial score (nSPS) is 10.8. The van der Waals surface area contributed by atoms with Crippen LogP contribution in [0.1, 0.15) is 20.7 Å². The molecule has 3 N–H and O–H groups in total. The Balaban J connectivity index is 2.44. The van der Waals surface area contributed by atoms with Crippen LogP contribution in [0.2, 0.25) is 0 Å². The van der Waals surface area contributed by atoms with Crippen molar-refractivity contribution in [1.82, 2.24) is 9.72 Å². The van der Waals surface area contributed by atoms with Gasteiger partial charge in [-0.3, -0.25) is 9.59 Å². The van der Waals surface area contributed by atoms with Crippen molar-refractivity contribution < 1.29 is 9.59 Å². The van der Waals surface area contributed by atoms with Crippen molar-refractivity contribution in [3.63, 3.8) is 0 Å². The molecule has 0 aliphatic heterocycles. The third kappa shape index (κ3) is 1.64. The Labute approximate surface area is 115 Å². The second kappa shape index (κ2) is 4.38. The Morgan fingerprint density at radius 2 is 1.95 bits per heavy atom. The summed E-state index contributed by atoms with van der Waals surface area (Å²) in [6.45, 7) is 0. The topological polar surface area (TPSA) is 76.6 Å². The molecule has 0 saturated carbocycles. The van der Waals surface area contributed by atoms with E-state index in [1.54, 1.807) is 25.2 Å². The van der Waals surface area contributed by atoms with E-state index >= 15 is 0 Å². The second-order valence-electron chi connectivity index (χ2n) is 4.51. The maximum Gasteiger partial charge on any atom is 0.251 e. The largest absolute Gasteiger partial charge is 0.366 e. The third-order valence-electron chi connectivity index (χ3n) is 3.38. The van der Waals surface area contributed by atoms with Gasteiger partial charge in [0.05, 0.1) is 16.6 Å². The molecule has 0 atom stereocenters. The lowest BCUT2D eigenvalue weighted by Crippen LogP contribution is -2.17. The zero-order chi connectivity index (χ0) is 14.3. The van der Waals surface area contributed by atoms with Crippen LogP contribution in [0.5, 0.6) is 0 Å². The molecule has 1 aromatic carbocycles. The Morgan fingerprint density at radius 1 is 1.15 bits per heavy atom. The Bertz CT molecular complexity index is 849. The summed E-state index contributed by atoms with van der Waals surface area (Å²) < 4.78 is 1.86. The van der Waals surface area contributed by atoms with Gasteiger partial charge in [-0.15, -0.1) is 0 Å². The van der Waals surface area contributed by atoms with Gasteiger partial charge in [0.15, 0.2) is 0 Å². The number of nitrogens with zero attached hydrogens (tertiary/aromatic N) is 1. The van der Waals surface area contributed by atoms with E-state index in [4.69, 9.17) is 5.73 Å². The number of fused-ring (bicyclic) bond motifs is 3. The smallest absolute Gasteiger partial charge is 0.251 e. The molecule has 5 heteroatoms. The van der Waals surface area contributed by atoms with E-state index in [9.17, 15) is 9.59 Å². The number of benzene rings is 1. The number of carbonyl (C=O) groups excluding carboxylic acids is 2. The summed E-state index contributed by atoms with van der Waals surface area (Å²) in [4.78, 5) is 23.4. The lowest BCUT2D eigenvalue weighted by molar-refractivity contribution is 0.0961. The van der Waals surface area contributed by atoms with Gasteiger partial charge < -0.3 is 15.5 Å². The minimum absolute atomic E-state index is 0.168. The van der Waals surface area contributed by atoms with Crippen molar-refractivity contribution in [3.05, 3.63) is 53.7 Å². The summed E-state index contributed by atoms with van der Waals surface area (Å²) >= 11 is 0. The van der Waals surface area contributed by atoms with E-state index in [0.717, 1.165) is 16.4 Å². The van der Waals surface area contributed by atoms with Gasteiger partial charge in [0.2, 0.25) is 0 Å². The molecule has 100 valence electrons. The molecule has 0 fully saturated rings. The first-order valence-corrected chi connectivity index (χ1v) is 6.18. The fourth-order valence-corrected chi connectivity index (χ4v) is 2.48. The van der Waals surface area contributed by atoms with Crippen LogP contribution in [0.15, 0.2) is 42.6 Å². The molecule has 2 heterocycles. The lowest BCUT2D eigenvalue weighted by atomic mass is 10.1. The van der Waals surface area contributed by atoms with E-state index < -0.39 is 5.91 Å². The summed E-state index contributed by atoms with van der Waals surface area (Å²) in [5.41, 5.74) is 8.03. The summed E-state index contributed by atoms with van der Waals surface area (Å²) in [6, 6.07) is 10.7. The van der Waals surface area contributed by atoms with Gasteiger partial charge in [0.1, 0.15) is 0 Å². The van der Waals surface area contributed by atoms with E-state index in [1.165, 1.54) is 0 Å². The summed E-state index contributed by atoms with van der Waals surface area (Å²) in [6.07, 6.45) is 1.84. The molecule has 0 spiro atoms. The molecular weight excluding hydrogens is 254 g/mol. The molecule has 5 nitrogen and oxygen atoms in total. The first kappa shape index (κ1) is 12.2. The second-order valence-corrected chi connectivity index (χ2v) is 4.51. The predicted octanol–water partition coefficient (Wildman–Crippen LogP) is 1.55. The van der Waals surface area contributed by atoms with Crippen LogP contribution in [0.3, 0.4) is 0 Å². The third-order valence-corrected chi connectivity index (χ3v) is 3.38. The van der Waals surface area contributed by atoms with Crippen LogP contribution in [-0.2, 0) is 0 Å². The fraction of sp³-hybridized carbons (Fsp3) is 0.0667. The number of aromatic nitrogens is 1. The zero-order valence-electron chi connectivity index (χ0n) is 10.9. The van der Waals surface area contributed by atoms with Crippen LogP contribution >= 0.6 is 0 Å². The van der Waals surface area contributed by atoms with Crippen molar-refractivity contribution in [1.29, 1.82) is 0 Å². The van der Waals surface area contributed by atoms with Gasteiger partial charge >= 0.3 is 0 Å². The van der Waals surface area contributed by atoms with E-state index in [0.29, 0.717) is 11.1 Å². The van der Waals surface area contributed by atoms with Crippen molar-refractivity contribution in [2.75, 3.05) is 7.05 Å². The minimum atomic E-state index is -0.476. The maximum absolute atomic E-state index is 11.7. The van der Waals surface area contributed by atoms with Crippen LogP contribution in [0.25, 0.3) is 16.4 Å². The van der Waals surface area contributed by atoms with E-state index in [1.807, 2.05) is 28.8 Å². The highest BCUT2D eigenvalue weighted by Crippen LogP contribution is 2.27. The molecule has 0 radical (unpaired) electrons. The molecular formula is C15H13N3O2. The average Bonchev–Trinajstić information content (AvgIpc) is 2.80. The summed E-state index contributed by atoms with van der Waals surface area (Å²) in [5, 5.41) is 3.33. The highest BCUT2D eigenvalue weighted by atomic mass is 16.1. The van der Waals surface area contributed by atoms with Gasteiger partial charge in [-0.05, 0) is 24.3 Å². The minimum Gasteiger partial charge on any atom is -0.366 e. The fourth-order valence-electron chi connectivity index (χ4n) is 2.48.